The van der Waals surface area contributed by atoms with E-state index in [1.807, 2.05) is 66.7 Å². The lowest BCUT2D eigenvalue weighted by Crippen LogP contribution is -2.22. The number of H-pyrrole nitrogens is 1. The number of aromatic nitrogens is 2. The first-order valence-electron chi connectivity index (χ1n) is 9.27. The maximum atomic E-state index is 12.5. The van der Waals surface area contributed by atoms with Crippen LogP contribution in [-0.4, -0.2) is 22.0 Å². The van der Waals surface area contributed by atoms with E-state index in [0.29, 0.717) is 12.1 Å². The zero-order valence-electron chi connectivity index (χ0n) is 15.9. The summed E-state index contributed by atoms with van der Waals surface area (Å²) < 4.78 is 0. The number of hydrogen-bond donors (Lipinski definition) is 3. The van der Waals surface area contributed by atoms with Gasteiger partial charge in [-0.25, -0.2) is 0 Å². The van der Waals surface area contributed by atoms with Crippen LogP contribution in [0.15, 0.2) is 72.9 Å². The van der Waals surface area contributed by atoms with Gasteiger partial charge in [0.2, 0.25) is 5.91 Å². The highest BCUT2D eigenvalue weighted by molar-refractivity contribution is 6.03. The maximum absolute atomic E-state index is 12.5. The number of aromatic amines is 1. The van der Waals surface area contributed by atoms with Crippen LogP contribution in [0, 0.1) is 0 Å². The van der Waals surface area contributed by atoms with E-state index in [4.69, 9.17) is 0 Å². The number of rotatable bonds is 5. The van der Waals surface area contributed by atoms with Crippen molar-refractivity contribution in [3.8, 4) is 11.1 Å². The van der Waals surface area contributed by atoms with Crippen LogP contribution in [0.2, 0.25) is 0 Å². The fourth-order valence-corrected chi connectivity index (χ4v) is 3.31. The third-order valence-corrected chi connectivity index (χ3v) is 4.63. The molecule has 0 fully saturated rings. The quantitative estimate of drug-likeness (QED) is 0.484. The van der Waals surface area contributed by atoms with E-state index >= 15 is 0 Å². The third-order valence-electron chi connectivity index (χ3n) is 4.63. The van der Waals surface area contributed by atoms with Crippen molar-refractivity contribution in [2.24, 2.45) is 0 Å². The Morgan fingerprint density at radius 3 is 2.66 bits per heavy atom. The van der Waals surface area contributed by atoms with Gasteiger partial charge in [-0.15, -0.1) is 0 Å². The molecule has 0 aliphatic carbocycles. The molecule has 0 atom stereocenters. The molecule has 0 saturated carbocycles. The smallest absolute Gasteiger partial charge is 0.251 e. The van der Waals surface area contributed by atoms with Crippen LogP contribution in [0.4, 0.5) is 5.69 Å². The van der Waals surface area contributed by atoms with Gasteiger partial charge in [0.15, 0.2) is 0 Å². The molecule has 1 heterocycles. The third kappa shape index (κ3) is 4.16. The average Bonchev–Trinajstić information content (AvgIpc) is 3.24. The van der Waals surface area contributed by atoms with Gasteiger partial charge in [-0.05, 0) is 52.2 Å². The summed E-state index contributed by atoms with van der Waals surface area (Å²) in [7, 11) is 0. The topological polar surface area (TPSA) is 86.9 Å². The largest absolute Gasteiger partial charge is 0.346 e. The molecule has 4 rings (SSSR count). The molecule has 0 aliphatic heterocycles. The normalized spacial score (nSPS) is 10.7. The van der Waals surface area contributed by atoms with Crippen LogP contribution in [-0.2, 0) is 11.3 Å². The number of carbonyl (C=O) groups is 2. The Morgan fingerprint density at radius 2 is 1.86 bits per heavy atom. The molecule has 0 spiro atoms. The Kier molecular flexibility index (Phi) is 5.07. The summed E-state index contributed by atoms with van der Waals surface area (Å²) in [6.45, 7) is 1.89. The summed E-state index contributed by atoms with van der Waals surface area (Å²) in [5.41, 5.74) is 4.24. The number of amides is 2. The van der Waals surface area contributed by atoms with Gasteiger partial charge in [0.25, 0.3) is 5.91 Å². The van der Waals surface area contributed by atoms with Crippen LogP contribution in [0.25, 0.3) is 21.9 Å². The van der Waals surface area contributed by atoms with E-state index in [9.17, 15) is 9.59 Å². The Bertz CT molecular complexity index is 1180. The monoisotopic (exact) mass is 384 g/mol. The van der Waals surface area contributed by atoms with Crippen molar-refractivity contribution in [3.63, 3.8) is 0 Å². The van der Waals surface area contributed by atoms with Crippen molar-refractivity contribution < 1.29 is 9.59 Å². The second kappa shape index (κ2) is 7.98. The van der Waals surface area contributed by atoms with Crippen molar-refractivity contribution in [1.29, 1.82) is 0 Å². The standard InChI is InChI=1S/C23H20N4O2/c1-15(28)26-19-6-2-4-17(13-19)21-7-3-5-16-12-18(8-9-22(16)21)23(29)24-14-20-10-11-25-27-20/h2-13H,14H2,1H3,(H,24,29)(H,25,27)(H,26,28). The summed E-state index contributed by atoms with van der Waals surface area (Å²) in [4.78, 5) is 23.8. The van der Waals surface area contributed by atoms with Gasteiger partial charge in [-0.3, -0.25) is 14.7 Å². The van der Waals surface area contributed by atoms with Crippen LogP contribution < -0.4 is 10.6 Å². The average molecular weight is 384 g/mol. The summed E-state index contributed by atoms with van der Waals surface area (Å²) in [5.74, 6) is -0.245. The van der Waals surface area contributed by atoms with E-state index in [2.05, 4.69) is 20.8 Å². The minimum absolute atomic E-state index is 0.106. The Morgan fingerprint density at radius 1 is 1.00 bits per heavy atom. The number of fused-ring (bicyclic) bond motifs is 1. The Hall–Kier alpha value is -3.93. The van der Waals surface area contributed by atoms with Gasteiger partial charge < -0.3 is 10.6 Å². The molecule has 1 aromatic heterocycles. The summed E-state index contributed by atoms with van der Waals surface area (Å²) in [6, 6.07) is 21.2. The SMILES string of the molecule is CC(=O)Nc1cccc(-c2cccc3cc(C(=O)NCc4ccn[nH]4)ccc23)c1. The predicted octanol–water partition coefficient (Wildman–Crippen LogP) is 4.12. The molecule has 0 bridgehead atoms. The number of carbonyl (C=O) groups excluding carboxylic acids is 2. The fourth-order valence-electron chi connectivity index (χ4n) is 3.31. The van der Waals surface area contributed by atoms with Crippen molar-refractivity contribution in [1.82, 2.24) is 15.5 Å². The molecule has 0 unspecified atom stereocenters. The van der Waals surface area contributed by atoms with Gasteiger partial charge in [0, 0.05) is 24.4 Å². The number of benzene rings is 3. The highest BCUT2D eigenvalue weighted by Gasteiger charge is 2.10. The lowest BCUT2D eigenvalue weighted by atomic mass is 9.96. The Balaban J connectivity index is 1.63. The minimum Gasteiger partial charge on any atom is -0.346 e. The number of nitrogens with one attached hydrogen (secondary N) is 3. The molecule has 0 radical (unpaired) electrons. The van der Waals surface area contributed by atoms with E-state index in [0.717, 1.165) is 33.3 Å². The van der Waals surface area contributed by atoms with Gasteiger partial charge in [0.1, 0.15) is 0 Å². The second-order valence-electron chi connectivity index (χ2n) is 6.77. The van der Waals surface area contributed by atoms with Crippen molar-refractivity contribution in [2.75, 3.05) is 5.32 Å². The second-order valence-corrected chi connectivity index (χ2v) is 6.77. The molecule has 29 heavy (non-hydrogen) atoms. The van der Waals surface area contributed by atoms with E-state index < -0.39 is 0 Å². The Labute approximate surface area is 168 Å². The van der Waals surface area contributed by atoms with Crippen LogP contribution in [0.5, 0.6) is 0 Å². The predicted molar refractivity (Wildman–Crippen MR) is 113 cm³/mol. The zero-order chi connectivity index (χ0) is 20.2. The molecule has 4 aromatic rings. The summed E-state index contributed by atoms with van der Waals surface area (Å²) in [6.07, 6.45) is 1.65. The van der Waals surface area contributed by atoms with Crippen LogP contribution in [0.1, 0.15) is 23.0 Å². The first-order valence-corrected chi connectivity index (χ1v) is 9.27. The minimum atomic E-state index is -0.139. The first kappa shape index (κ1) is 18.4. The molecule has 3 N–H and O–H groups in total. The molecule has 6 heteroatoms. The van der Waals surface area contributed by atoms with Gasteiger partial charge in [-0.1, -0.05) is 36.4 Å². The number of anilines is 1. The fraction of sp³-hybridized carbons (Fsp3) is 0.0870. The van der Waals surface area contributed by atoms with E-state index in [-0.39, 0.29) is 11.8 Å². The van der Waals surface area contributed by atoms with Gasteiger partial charge >= 0.3 is 0 Å². The van der Waals surface area contributed by atoms with Crippen molar-refractivity contribution in [2.45, 2.75) is 13.5 Å². The molecular formula is C23H20N4O2. The zero-order valence-corrected chi connectivity index (χ0v) is 15.9. The molecule has 3 aromatic carbocycles. The number of nitrogens with zero attached hydrogens (tertiary/aromatic N) is 1. The van der Waals surface area contributed by atoms with Crippen molar-refractivity contribution in [3.05, 3.63) is 84.2 Å². The highest BCUT2D eigenvalue weighted by Crippen LogP contribution is 2.30. The lowest BCUT2D eigenvalue weighted by Gasteiger charge is -2.11. The van der Waals surface area contributed by atoms with Gasteiger partial charge in [-0.2, -0.15) is 5.10 Å². The molecular weight excluding hydrogens is 364 g/mol. The van der Waals surface area contributed by atoms with E-state index in [1.165, 1.54) is 6.92 Å². The molecule has 2 amide bonds. The molecule has 0 saturated heterocycles. The maximum Gasteiger partial charge on any atom is 0.251 e. The molecule has 144 valence electrons. The molecule has 0 aliphatic rings. The number of hydrogen-bond acceptors (Lipinski definition) is 3. The van der Waals surface area contributed by atoms with Crippen LogP contribution >= 0.6 is 0 Å². The summed E-state index contributed by atoms with van der Waals surface area (Å²) in [5, 5.41) is 14.4. The summed E-state index contributed by atoms with van der Waals surface area (Å²) >= 11 is 0. The van der Waals surface area contributed by atoms with Gasteiger partial charge in [0.05, 0.1) is 12.2 Å². The van der Waals surface area contributed by atoms with Crippen molar-refractivity contribution >= 4 is 28.3 Å². The lowest BCUT2D eigenvalue weighted by molar-refractivity contribution is -0.114. The first-order chi connectivity index (χ1) is 14.1. The van der Waals surface area contributed by atoms with E-state index in [1.54, 1.807) is 6.20 Å². The van der Waals surface area contributed by atoms with Crippen LogP contribution in [0.3, 0.4) is 0 Å². The molecule has 6 nitrogen and oxygen atoms in total. The highest BCUT2D eigenvalue weighted by atomic mass is 16.2.